The molecule has 2 aromatic rings. The Kier molecular flexibility index (Phi) is 3.82. The Morgan fingerprint density at radius 3 is 2.47 bits per heavy atom. The first-order chi connectivity index (χ1) is 8.98. The first kappa shape index (κ1) is 13.5. The van der Waals surface area contributed by atoms with Crippen LogP contribution in [0, 0.1) is 0 Å². The summed E-state index contributed by atoms with van der Waals surface area (Å²) in [5.74, 6) is 0.0151. The van der Waals surface area contributed by atoms with E-state index in [-0.39, 0.29) is 16.9 Å². The molecule has 0 aliphatic rings. The third-order valence-corrected chi connectivity index (χ3v) is 3.52. The quantitative estimate of drug-likeness (QED) is 0.925. The molecule has 2 N–H and O–H groups in total. The normalized spacial score (nSPS) is 12.9. The van der Waals surface area contributed by atoms with Crippen molar-refractivity contribution >= 4 is 10.0 Å². The molecule has 0 aliphatic carbocycles. The van der Waals surface area contributed by atoms with Crippen LogP contribution in [-0.2, 0) is 10.0 Å². The number of pyridine rings is 1. The maximum Gasteiger partial charge on any atom is 0.243 e. The number of nitrogens with zero attached hydrogens (tertiary/aromatic N) is 1. The van der Waals surface area contributed by atoms with Crippen LogP contribution in [0.5, 0.6) is 5.88 Å². The van der Waals surface area contributed by atoms with Crippen molar-refractivity contribution in [2.45, 2.75) is 17.9 Å². The van der Waals surface area contributed by atoms with E-state index in [1.165, 1.54) is 18.3 Å². The van der Waals surface area contributed by atoms with E-state index in [4.69, 9.17) is 9.88 Å². The van der Waals surface area contributed by atoms with Gasteiger partial charge >= 0.3 is 0 Å². The maximum atomic E-state index is 11.4. The molecule has 1 aromatic heterocycles. The van der Waals surface area contributed by atoms with Gasteiger partial charge in [-0.25, -0.2) is 18.5 Å². The lowest BCUT2D eigenvalue weighted by Crippen LogP contribution is -2.15. The molecule has 0 spiro atoms. The third kappa shape index (κ3) is 3.30. The average Bonchev–Trinajstić information content (AvgIpc) is 2.39. The van der Waals surface area contributed by atoms with Crippen molar-refractivity contribution in [1.29, 1.82) is 0 Å². The molecule has 19 heavy (non-hydrogen) atoms. The van der Waals surface area contributed by atoms with E-state index < -0.39 is 10.0 Å². The van der Waals surface area contributed by atoms with Gasteiger partial charge in [0.15, 0.2) is 0 Å². The van der Waals surface area contributed by atoms with Gasteiger partial charge < -0.3 is 4.74 Å². The van der Waals surface area contributed by atoms with Gasteiger partial charge in [0.05, 0.1) is 0 Å². The Labute approximate surface area is 112 Å². The Hall–Kier alpha value is -1.92. The fraction of sp³-hybridized carbons (Fsp3) is 0.154. The number of benzene rings is 1. The first-order valence-corrected chi connectivity index (χ1v) is 7.22. The zero-order valence-corrected chi connectivity index (χ0v) is 11.2. The lowest BCUT2D eigenvalue weighted by Gasteiger charge is -2.15. The van der Waals surface area contributed by atoms with E-state index in [0.717, 1.165) is 5.56 Å². The molecule has 0 bridgehead atoms. The minimum Gasteiger partial charge on any atom is -0.469 e. The Morgan fingerprint density at radius 2 is 1.84 bits per heavy atom. The molecule has 0 radical (unpaired) electrons. The summed E-state index contributed by atoms with van der Waals surface area (Å²) in [5, 5.41) is 5.12. The van der Waals surface area contributed by atoms with E-state index in [2.05, 4.69) is 4.98 Å². The lowest BCUT2D eigenvalue weighted by atomic mass is 10.1. The zero-order valence-electron chi connectivity index (χ0n) is 10.4. The van der Waals surface area contributed by atoms with Gasteiger partial charge in [-0.05, 0) is 24.6 Å². The smallest absolute Gasteiger partial charge is 0.243 e. The first-order valence-electron chi connectivity index (χ1n) is 5.68. The number of primary sulfonamides is 1. The highest BCUT2D eigenvalue weighted by Gasteiger charge is 2.18. The minimum atomic E-state index is -3.85. The Morgan fingerprint density at radius 1 is 1.16 bits per heavy atom. The summed E-state index contributed by atoms with van der Waals surface area (Å²) < 4.78 is 28.4. The van der Waals surface area contributed by atoms with Crippen molar-refractivity contribution in [3.63, 3.8) is 0 Å². The van der Waals surface area contributed by atoms with Gasteiger partial charge in [-0.1, -0.05) is 30.3 Å². The van der Waals surface area contributed by atoms with Crippen molar-refractivity contribution in [3.05, 3.63) is 54.2 Å². The van der Waals surface area contributed by atoms with Crippen LogP contribution in [0.2, 0.25) is 0 Å². The summed E-state index contributed by atoms with van der Waals surface area (Å²) >= 11 is 0. The summed E-state index contributed by atoms with van der Waals surface area (Å²) in [6.07, 6.45) is 1.14. The average molecular weight is 278 g/mol. The van der Waals surface area contributed by atoms with Crippen molar-refractivity contribution in [3.8, 4) is 5.88 Å². The van der Waals surface area contributed by atoms with Gasteiger partial charge in [-0.15, -0.1) is 0 Å². The molecule has 0 saturated heterocycles. The molecule has 1 heterocycles. The van der Waals surface area contributed by atoms with Crippen molar-refractivity contribution in [1.82, 2.24) is 4.98 Å². The molecule has 1 unspecified atom stereocenters. The lowest BCUT2D eigenvalue weighted by molar-refractivity contribution is 0.211. The number of nitrogens with two attached hydrogens (primary N) is 1. The molecular weight excluding hydrogens is 264 g/mol. The molecule has 6 heteroatoms. The van der Waals surface area contributed by atoms with Crippen molar-refractivity contribution in [2.75, 3.05) is 0 Å². The molecule has 2 rings (SSSR count). The Bertz CT molecular complexity index is 657. The van der Waals surface area contributed by atoms with Crippen LogP contribution in [0.1, 0.15) is 18.6 Å². The molecule has 5 nitrogen and oxygen atoms in total. The second-order valence-corrected chi connectivity index (χ2v) is 5.55. The number of sulfonamides is 1. The SMILES string of the molecule is CC(Oc1ncccc1S(N)(=O)=O)c1ccccc1. The van der Waals surface area contributed by atoms with Crippen LogP contribution in [0.15, 0.2) is 53.6 Å². The van der Waals surface area contributed by atoms with Crippen LogP contribution in [0.25, 0.3) is 0 Å². The number of aromatic nitrogens is 1. The zero-order chi connectivity index (χ0) is 13.9. The van der Waals surface area contributed by atoms with E-state index in [0.29, 0.717) is 0 Å². The highest BCUT2D eigenvalue weighted by Crippen LogP contribution is 2.25. The second kappa shape index (κ2) is 5.38. The molecule has 0 saturated carbocycles. The molecule has 1 atom stereocenters. The topological polar surface area (TPSA) is 82.3 Å². The fourth-order valence-corrected chi connectivity index (χ4v) is 2.25. The Balaban J connectivity index is 2.30. The summed E-state index contributed by atoms with van der Waals surface area (Å²) in [5.41, 5.74) is 0.925. The number of hydrogen-bond donors (Lipinski definition) is 1. The summed E-state index contributed by atoms with van der Waals surface area (Å²) in [4.78, 5) is 3.82. The third-order valence-electron chi connectivity index (χ3n) is 2.60. The number of rotatable bonds is 4. The van der Waals surface area contributed by atoms with E-state index in [9.17, 15) is 8.42 Å². The number of hydrogen-bond acceptors (Lipinski definition) is 4. The molecule has 0 aliphatic heterocycles. The van der Waals surface area contributed by atoms with E-state index in [1.54, 1.807) is 0 Å². The van der Waals surface area contributed by atoms with Crippen LogP contribution in [-0.4, -0.2) is 13.4 Å². The van der Waals surface area contributed by atoms with Crippen LogP contribution in [0.4, 0.5) is 0 Å². The van der Waals surface area contributed by atoms with Gasteiger partial charge in [0.25, 0.3) is 0 Å². The van der Waals surface area contributed by atoms with Gasteiger partial charge in [-0.3, -0.25) is 0 Å². The standard InChI is InChI=1S/C13H14N2O3S/c1-10(11-6-3-2-4-7-11)18-13-12(19(14,16)17)8-5-9-15-13/h2-10H,1H3,(H2,14,16,17). The van der Waals surface area contributed by atoms with Crippen molar-refractivity contribution < 1.29 is 13.2 Å². The van der Waals surface area contributed by atoms with Gasteiger partial charge in [0.1, 0.15) is 11.0 Å². The van der Waals surface area contributed by atoms with Crippen molar-refractivity contribution in [2.24, 2.45) is 5.14 Å². The molecule has 0 fully saturated rings. The largest absolute Gasteiger partial charge is 0.469 e. The minimum absolute atomic E-state index is 0.0151. The van der Waals surface area contributed by atoms with Crippen LogP contribution < -0.4 is 9.88 Å². The predicted molar refractivity (Wildman–Crippen MR) is 71.1 cm³/mol. The van der Waals surface area contributed by atoms with E-state index in [1.807, 2.05) is 37.3 Å². The molecule has 100 valence electrons. The highest BCUT2D eigenvalue weighted by molar-refractivity contribution is 7.89. The maximum absolute atomic E-state index is 11.4. The van der Waals surface area contributed by atoms with Crippen LogP contribution >= 0.6 is 0 Å². The predicted octanol–water partition coefficient (Wildman–Crippen LogP) is 1.87. The van der Waals surface area contributed by atoms with Gasteiger partial charge in [0.2, 0.25) is 15.9 Å². The molecule has 0 amide bonds. The second-order valence-electron chi connectivity index (χ2n) is 4.02. The highest BCUT2D eigenvalue weighted by atomic mass is 32.2. The monoisotopic (exact) mass is 278 g/mol. The number of ether oxygens (including phenoxy) is 1. The van der Waals surface area contributed by atoms with Crippen LogP contribution in [0.3, 0.4) is 0 Å². The van der Waals surface area contributed by atoms with Gasteiger partial charge in [-0.2, -0.15) is 0 Å². The summed E-state index contributed by atoms with van der Waals surface area (Å²) in [6, 6.07) is 12.3. The summed E-state index contributed by atoms with van der Waals surface area (Å²) in [6.45, 7) is 1.82. The fourth-order valence-electron chi connectivity index (χ4n) is 1.64. The summed E-state index contributed by atoms with van der Waals surface area (Å²) in [7, 11) is -3.85. The van der Waals surface area contributed by atoms with Gasteiger partial charge in [0, 0.05) is 6.20 Å². The van der Waals surface area contributed by atoms with E-state index >= 15 is 0 Å². The molecule has 1 aromatic carbocycles. The molecular formula is C13H14N2O3S.